The maximum Gasteiger partial charge on any atom is 0.110 e. The summed E-state index contributed by atoms with van der Waals surface area (Å²) in [5.74, 6) is 0.852. The van der Waals surface area contributed by atoms with E-state index in [0.717, 1.165) is 17.0 Å². The quantitative estimate of drug-likeness (QED) is 0.702. The lowest BCUT2D eigenvalue weighted by Crippen LogP contribution is -1.93. The summed E-state index contributed by atoms with van der Waals surface area (Å²) in [5, 5.41) is 4.70. The van der Waals surface area contributed by atoms with Crippen molar-refractivity contribution in [3.63, 3.8) is 0 Å². The second kappa shape index (κ2) is 2.92. The van der Waals surface area contributed by atoms with Crippen molar-refractivity contribution in [1.82, 2.24) is 9.78 Å². The highest BCUT2D eigenvalue weighted by molar-refractivity contribution is 6.33. The number of aryl methyl sites for hydroxylation is 2. The van der Waals surface area contributed by atoms with Gasteiger partial charge in [0.25, 0.3) is 0 Å². The molecule has 0 saturated carbocycles. The Labute approximate surface area is 80.9 Å². The van der Waals surface area contributed by atoms with Gasteiger partial charge in [-0.25, -0.2) is 0 Å². The highest BCUT2D eigenvalue weighted by atomic mass is 35.5. The van der Waals surface area contributed by atoms with Gasteiger partial charge in [-0.15, -0.1) is 0 Å². The van der Waals surface area contributed by atoms with Gasteiger partial charge in [0.2, 0.25) is 0 Å². The predicted octanol–water partition coefficient (Wildman–Crippen LogP) is 2.64. The van der Waals surface area contributed by atoms with E-state index >= 15 is 0 Å². The average Bonchev–Trinajstić information content (AvgIpc) is 2.60. The van der Waals surface area contributed by atoms with E-state index in [-0.39, 0.29) is 0 Å². The minimum atomic E-state index is 0.645. The van der Waals surface area contributed by atoms with Gasteiger partial charge in [0.1, 0.15) is 5.76 Å². The first kappa shape index (κ1) is 8.38. The van der Waals surface area contributed by atoms with Crippen LogP contribution in [0.15, 0.2) is 22.9 Å². The summed E-state index contributed by atoms with van der Waals surface area (Å²) in [6.45, 7) is 1.90. The molecule has 3 nitrogen and oxygen atoms in total. The Hall–Kier alpha value is -1.22. The van der Waals surface area contributed by atoms with Gasteiger partial charge in [0, 0.05) is 12.6 Å². The van der Waals surface area contributed by atoms with Crippen LogP contribution in [0.5, 0.6) is 0 Å². The fourth-order valence-electron chi connectivity index (χ4n) is 1.34. The Bertz CT molecular complexity index is 411. The number of rotatable bonds is 1. The normalized spacial score (nSPS) is 10.7. The van der Waals surface area contributed by atoms with Gasteiger partial charge in [-0.3, -0.25) is 4.68 Å². The van der Waals surface area contributed by atoms with Crippen LogP contribution in [-0.4, -0.2) is 9.78 Å². The highest BCUT2D eigenvalue weighted by Gasteiger charge is 2.12. The summed E-state index contributed by atoms with van der Waals surface area (Å²) >= 11 is 5.98. The van der Waals surface area contributed by atoms with E-state index in [1.807, 2.05) is 20.0 Å². The van der Waals surface area contributed by atoms with Crippen molar-refractivity contribution in [1.29, 1.82) is 0 Å². The lowest BCUT2D eigenvalue weighted by molar-refractivity contribution is 0.535. The van der Waals surface area contributed by atoms with Crippen molar-refractivity contribution in [3.8, 4) is 11.3 Å². The van der Waals surface area contributed by atoms with Gasteiger partial charge >= 0.3 is 0 Å². The average molecular weight is 197 g/mol. The summed E-state index contributed by atoms with van der Waals surface area (Å²) < 4.78 is 6.93. The van der Waals surface area contributed by atoms with E-state index < -0.39 is 0 Å². The molecule has 0 radical (unpaired) electrons. The molecule has 0 saturated heterocycles. The van der Waals surface area contributed by atoms with Crippen LogP contribution in [0.25, 0.3) is 11.3 Å². The Morgan fingerprint density at radius 2 is 2.31 bits per heavy atom. The number of hydrogen-bond acceptors (Lipinski definition) is 2. The van der Waals surface area contributed by atoms with Crippen LogP contribution in [0.4, 0.5) is 0 Å². The van der Waals surface area contributed by atoms with E-state index in [0.29, 0.717) is 5.02 Å². The number of aromatic nitrogens is 2. The first-order valence-corrected chi connectivity index (χ1v) is 4.30. The predicted molar refractivity (Wildman–Crippen MR) is 50.7 cm³/mol. The summed E-state index contributed by atoms with van der Waals surface area (Å²) in [6.07, 6.45) is 3.28. The Kier molecular flexibility index (Phi) is 1.88. The van der Waals surface area contributed by atoms with E-state index in [9.17, 15) is 0 Å². The third kappa shape index (κ3) is 1.25. The third-order valence-corrected chi connectivity index (χ3v) is 2.28. The molecule has 2 aromatic heterocycles. The van der Waals surface area contributed by atoms with E-state index in [1.165, 1.54) is 0 Å². The zero-order valence-electron chi connectivity index (χ0n) is 7.41. The van der Waals surface area contributed by atoms with Crippen LogP contribution in [0.3, 0.4) is 0 Å². The molecule has 0 atom stereocenters. The molecule has 2 rings (SSSR count). The van der Waals surface area contributed by atoms with Gasteiger partial charge in [-0.2, -0.15) is 5.10 Å². The van der Waals surface area contributed by atoms with E-state index in [1.54, 1.807) is 17.1 Å². The molecule has 0 unspecified atom stereocenters. The van der Waals surface area contributed by atoms with Crippen molar-refractivity contribution in [2.45, 2.75) is 6.92 Å². The first-order chi connectivity index (χ1) is 6.20. The standard InChI is InChI=1S/C9H9ClN2O/c1-6-7(3-4-13-6)9-8(10)5-11-12(9)2/h3-5H,1-2H3. The van der Waals surface area contributed by atoms with Crippen LogP contribution >= 0.6 is 11.6 Å². The summed E-state index contributed by atoms with van der Waals surface area (Å²) in [7, 11) is 1.85. The number of hydrogen-bond donors (Lipinski definition) is 0. The lowest BCUT2D eigenvalue weighted by Gasteiger charge is -1.99. The van der Waals surface area contributed by atoms with Crippen LogP contribution in [0.1, 0.15) is 5.76 Å². The molecule has 2 aromatic rings. The third-order valence-electron chi connectivity index (χ3n) is 2.01. The van der Waals surface area contributed by atoms with Crippen molar-refractivity contribution in [3.05, 3.63) is 29.3 Å². The Morgan fingerprint density at radius 3 is 2.77 bits per heavy atom. The molecule has 13 heavy (non-hydrogen) atoms. The molecule has 0 aromatic carbocycles. The van der Waals surface area contributed by atoms with E-state index in [2.05, 4.69) is 5.10 Å². The molecule has 0 N–H and O–H groups in total. The van der Waals surface area contributed by atoms with Gasteiger partial charge in [0.15, 0.2) is 0 Å². The van der Waals surface area contributed by atoms with Crippen LogP contribution < -0.4 is 0 Å². The fraction of sp³-hybridized carbons (Fsp3) is 0.222. The Morgan fingerprint density at radius 1 is 1.54 bits per heavy atom. The van der Waals surface area contributed by atoms with Gasteiger partial charge in [-0.05, 0) is 13.0 Å². The zero-order valence-corrected chi connectivity index (χ0v) is 8.17. The van der Waals surface area contributed by atoms with Crippen LogP contribution in [0, 0.1) is 6.92 Å². The molecule has 0 aliphatic heterocycles. The number of halogens is 1. The number of furan rings is 1. The molecule has 0 aliphatic rings. The molecular formula is C9H9ClN2O. The Balaban J connectivity index is 2.64. The van der Waals surface area contributed by atoms with Gasteiger partial charge < -0.3 is 4.42 Å². The maximum atomic E-state index is 5.98. The van der Waals surface area contributed by atoms with Crippen molar-refractivity contribution < 1.29 is 4.42 Å². The summed E-state index contributed by atoms with van der Waals surface area (Å²) in [4.78, 5) is 0. The zero-order chi connectivity index (χ0) is 9.42. The second-order valence-corrected chi connectivity index (χ2v) is 3.26. The molecule has 0 spiro atoms. The van der Waals surface area contributed by atoms with Crippen LogP contribution in [0.2, 0.25) is 5.02 Å². The molecule has 0 bridgehead atoms. The first-order valence-electron chi connectivity index (χ1n) is 3.92. The maximum absolute atomic E-state index is 5.98. The lowest BCUT2D eigenvalue weighted by atomic mass is 10.2. The minimum Gasteiger partial charge on any atom is -0.469 e. The van der Waals surface area contributed by atoms with Gasteiger partial charge in [-0.1, -0.05) is 11.6 Å². The molecular weight excluding hydrogens is 188 g/mol. The second-order valence-electron chi connectivity index (χ2n) is 2.86. The smallest absolute Gasteiger partial charge is 0.110 e. The monoisotopic (exact) mass is 196 g/mol. The number of nitrogens with zero attached hydrogens (tertiary/aromatic N) is 2. The van der Waals surface area contributed by atoms with Crippen molar-refractivity contribution in [2.24, 2.45) is 7.05 Å². The molecule has 2 heterocycles. The topological polar surface area (TPSA) is 31.0 Å². The van der Waals surface area contributed by atoms with Gasteiger partial charge in [0.05, 0.1) is 23.2 Å². The summed E-state index contributed by atoms with van der Waals surface area (Å²) in [5.41, 5.74) is 1.89. The SMILES string of the molecule is Cc1occc1-c1c(Cl)cnn1C. The molecule has 0 amide bonds. The largest absolute Gasteiger partial charge is 0.469 e. The van der Waals surface area contributed by atoms with E-state index in [4.69, 9.17) is 16.0 Å². The highest BCUT2D eigenvalue weighted by Crippen LogP contribution is 2.29. The fourth-order valence-corrected chi connectivity index (χ4v) is 1.61. The molecule has 4 heteroatoms. The molecule has 68 valence electrons. The summed E-state index contributed by atoms with van der Waals surface area (Å²) in [6, 6.07) is 1.89. The molecule has 0 fully saturated rings. The van der Waals surface area contributed by atoms with Crippen molar-refractivity contribution >= 4 is 11.6 Å². The van der Waals surface area contributed by atoms with Crippen LogP contribution in [-0.2, 0) is 7.05 Å². The van der Waals surface area contributed by atoms with Crippen molar-refractivity contribution in [2.75, 3.05) is 0 Å². The minimum absolute atomic E-state index is 0.645. The molecule has 0 aliphatic carbocycles.